The minimum Gasteiger partial charge on any atom is -0.481 e. The fraction of sp³-hybridized carbons (Fsp3) is 0.600. The second-order valence-corrected chi connectivity index (χ2v) is 3.43. The maximum Gasteiger partial charge on any atom is 0.339 e. The lowest BCUT2D eigenvalue weighted by Gasteiger charge is -2.26. The van der Waals surface area contributed by atoms with Gasteiger partial charge in [0.2, 0.25) is 0 Å². The van der Waals surface area contributed by atoms with Crippen LogP contribution in [0.3, 0.4) is 0 Å². The Morgan fingerprint density at radius 2 is 1.88 bits per heavy atom. The van der Waals surface area contributed by atoms with Crippen LogP contribution in [0.15, 0.2) is 12.2 Å². The average Bonchev–Trinajstić information content (AvgIpc) is 2.16. The van der Waals surface area contributed by atoms with Gasteiger partial charge in [-0.15, -0.1) is 0 Å². The summed E-state index contributed by atoms with van der Waals surface area (Å²) in [4.78, 5) is 21.1. The van der Waals surface area contributed by atoms with Crippen LogP contribution in [0.2, 0.25) is 0 Å². The Labute approximate surface area is 92.8 Å². The van der Waals surface area contributed by atoms with Gasteiger partial charge in [0.1, 0.15) is 0 Å². The maximum absolute atomic E-state index is 10.7. The van der Waals surface area contributed by atoms with Crippen molar-refractivity contribution in [3.63, 3.8) is 0 Å². The summed E-state index contributed by atoms with van der Waals surface area (Å²) < 4.78 is 0. The predicted octanol–water partition coefficient (Wildman–Crippen LogP) is -0.00600. The molecule has 0 spiro atoms. The normalized spacial score (nSPS) is 16.9. The van der Waals surface area contributed by atoms with Crippen molar-refractivity contribution in [2.24, 2.45) is 0 Å². The summed E-state index contributed by atoms with van der Waals surface area (Å²) in [5.41, 5.74) is -2.65. The molecule has 92 valence electrons. The number of carbonyl (C=O) groups is 2. The fourth-order valence-electron chi connectivity index (χ4n) is 1.15. The third-order valence-corrected chi connectivity index (χ3v) is 2.10. The molecule has 0 aliphatic rings. The minimum absolute atomic E-state index is 0.107. The van der Waals surface area contributed by atoms with Crippen molar-refractivity contribution in [2.45, 2.75) is 37.9 Å². The molecule has 0 saturated carbocycles. The highest BCUT2D eigenvalue weighted by atomic mass is 16.4. The van der Waals surface area contributed by atoms with Crippen LogP contribution in [-0.4, -0.2) is 44.1 Å². The molecule has 2 atom stereocenters. The smallest absolute Gasteiger partial charge is 0.339 e. The van der Waals surface area contributed by atoms with E-state index < -0.39 is 30.1 Å². The van der Waals surface area contributed by atoms with E-state index in [1.807, 2.05) is 6.92 Å². The average molecular weight is 232 g/mol. The molecule has 0 heterocycles. The molecule has 0 bridgehead atoms. The minimum atomic E-state index is -2.65. The number of rotatable bonds is 7. The molecule has 0 aliphatic carbocycles. The Kier molecular flexibility index (Phi) is 5.69. The van der Waals surface area contributed by atoms with Crippen LogP contribution in [0.4, 0.5) is 0 Å². The van der Waals surface area contributed by atoms with Gasteiger partial charge in [0.15, 0.2) is 5.60 Å². The second-order valence-electron chi connectivity index (χ2n) is 3.43. The first kappa shape index (κ1) is 14.6. The third kappa shape index (κ3) is 4.00. The van der Waals surface area contributed by atoms with E-state index in [0.717, 1.165) is 0 Å². The zero-order valence-electron chi connectivity index (χ0n) is 8.96. The van der Waals surface area contributed by atoms with E-state index in [-0.39, 0.29) is 6.42 Å². The van der Waals surface area contributed by atoms with Crippen molar-refractivity contribution >= 4 is 11.9 Å². The van der Waals surface area contributed by atoms with Crippen LogP contribution in [0.5, 0.6) is 0 Å². The van der Waals surface area contributed by atoms with Gasteiger partial charge in [0.25, 0.3) is 0 Å². The molecular formula is C10H16O6. The molecular weight excluding hydrogens is 216 g/mol. The lowest BCUT2D eigenvalue weighted by Crippen LogP contribution is -2.50. The van der Waals surface area contributed by atoms with Crippen molar-refractivity contribution in [3.05, 3.63) is 12.2 Å². The highest BCUT2D eigenvalue weighted by Gasteiger charge is 2.45. The molecule has 0 radical (unpaired) electrons. The van der Waals surface area contributed by atoms with Crippen molar-refractivity contribution in [1.29, 1.82) is 0 Å². The number of aliphatic hydroxyl groups is 2. The highest BCUT2D eigenvalue weighted by molar-refractivity contribution is 5.84. The van der Waals surface area contributed by atoms with E-state index in [0.29, 0.717) is 6.42 Å². The van der Waals surface area contributed by atoms with Crippen molar-refractivity contribution in [3.8, 4) is 0 Å². The van der Waals surface area contributed by atoms with Gasteiger partial charge in [-0.3, -0.25) is 4.79 Å². The van der Waals surface area contributed by atoms with E-state index in [2.05, 4.69) is 0 Å². The van der Waals surface area contributed by atoms with E-state index in [1.165, 1.54) is 6.08 Å². The van der Waals surface area contributed by atoms with Crippen LogP contribution in [0.1, 0.15) is 26.2 Å². The Bertz CT molecular complexity index is 285. The van der Waals surface area contributed by atoms with Gasteiger partial charge in [0.05, 0.1) is 12.5 Å². The Balaban J connectivity index is 4.69. The molecule has 0 aromatic carbocycles. The number of hydrogen-bond donors (Lipinski definition) is 4. The van der Waals surface area contributed by atoms with Gasteiger partial charge in [-0.1, -0.05) is 19.1 Å². The molecule has 0 fully saturated rings. The lowest BCUT2D eigenvalue weighted by molar-refractivity contribution is -0.178. The van der Waals surface area contributed by atoms with Crippen molar-refractivity contribution < 1.29 is 30.0 Å². The van der Waals surface area contributed by atoms with Gasteiger partial charge in [0, 0.05) is 0 Å². The zero-order chi connectivity index (χ0) is 12.8. The fourth-order valence-corrected chi connectivity index (χ4v) is 1.15. The molecule has 0 rings (SSSR count). The number of aliphatic carboxylic acids is 2. The Morgan fingerprint density at radius 1 is 1.31 bits per heavy atom. The maximum atomic E-state index is 10.7. The molecule has 0 aromatic rings. The molecule has 16 heavy (non-hydrogen) atoms. The lowest BCUT2D eigenvalue weighted by atomic mass is 9.90. The SMILES string of the molecule is CCC=CCC(O)C(O)(CC(=O)O)C(=O)O. The monoisotopic (exact) mass is 232 g/mol. The van der Waals surface area contributed by atoms with E-state index in [4.69, 9.17) is 10.2 Å². The molecule has 2 unspecified atom stereocenters. The summed E-state index contributed by atoms with van der Waals surface area (Å²) in [5, 5.41) is 36.2. The first-order valence-corrected chi connectivity index (χ1v) is 4.85. The second kappa shape index (κ2) is 6.24. The molecule has 0 aromatic heterocycles. The quantitative estimate of drug-likeness (QED) is 0.459. The first-order valence-electron chi connectivity index (χ1n) is 4.85. The Hall–Kier alpha value is -1.40. The zero-order valence-corrected chi connectivity index (χ0v) is 8.96. The third-order valence-electron chi connectivity index (χ3n) is 2.10. The topological polar surface area (TPSA) is 115 Å². The summed E-state index contributed by atoms with van der Waals surface area (Å²) >= 11 is 0. The summed E-state index contributed by atoms with van der Waals surface area (Å²) in [6.07, 6.45) is 1.10. The molecule has 0 amide bonds. The van der Waals surface area contributed by atoms with Crippen LogP contribution in [0.25, 0.3) is 0 Å². The molecule has 0 aliphatic heterocycles. The van der Waals surface area contributed by atoms with E-state index in [9.17, 15) is 19.8 Å². The van der Waals surface area contributed by atoms with Crippen molar-refractivity contribution in [2.75, 3.05) is 0 Å². The van der Waals surface area contributed by atoms with Gasteiger partial charge in [-0.05, 0) is 12.8 Å². The number of allylic oxidation sites excluding steroid dienone is 1. The van der Waals surface area contributed by atoms with E-state index >= 15 is 0 Å². The van der Waals surface area contributed by atoms with Crippen LogP contribution in [-0.2, 0) is 9.59 Å². The molecule has 6 heteroatoms. The Morgan fingerprint density at radius 3 is 2.25 bits per heavy atom. The van der Waals surface area contributed by atoms with E-state index in [1.54, 1.807) is 6.08 Å². The van der Waals surface area contributed by atoms with Crippen LogP contribution >= 0.6 is 0 Å². The van der Waals surface area contributed by atoms with Crippen molar-refractivity contribution in [1.82, 2.24) is 0 Å². The summed E-state index contributed by atoms with van der Waals surface area (Å²) in [6.45, 7) is 1.85. The van der Waals surface area contributed by atoms with Gasteiger partial charge < -0.3 is 20.4 Å². The largest absolute Gasteiger partial charge is 0.481 e. The van der Waals surface area contributed by atoms with Gasteiger partial charge >= 0.3 is 11.9 Å². The number of carboxylic acid groups (broad SMARTS) is 2. The molecule has 6 nitrogen and oxygen atoms in total. The molecule has 4 N–H and O–H groups in total. The number of carboxylic acids is 2. The summed E-state index contributed by atoms with van der Waals surface area (Å²) in [7, 11) is 0. The number of aliphatic hydroxyl groups excluding tert-OH is 1. The van der Waals surface area contributed by atoms with Gasteiger partial charge in [-0.25, -0.2) is 4.79 Å². The molecule has 0 saturated heterocycles. The highest BCUT2D eigenvalue weighted by Crippen LogP contribution is 2.19. The van der Waals surface area contributed by atoms with Crippen LogP contribution in [0, 0.1) is 0 Å². The standard InChI is InChI=1S/C10H16O6/c1-2-3-4-5-7(11)10(16,9(14)15)6-8(12)13/h3-4,7,11,16H,2,5-6H2,1H3,(H,12,13)(H,14,15). The first-order chi connectivity index (χ1) is 7.34. The summed E-state index contributed by atoms with van der Waals surface area (Å²) in [5.74, 6) is -3.23. The predicted molar refractivity (Wildman–Crippen MR) is 54.9 cm³/mol. The number of hydrogen-bond acceptors (Lipinski definition) is 4. The van der Waals surface area contributed by atoms with Crippen LogP contribution < -0.4 is 0 Å². The van der Waals surface area contributed by atoms with Gasteiger partial charge in [-0.2, -0.15) is 0 Å². The summed E-state index contributed by atoms with van der Waals surface area (Å²) in [6, 6.07) is 0.